The SMILES string of the molecule is O=C(Nc1cccc(OC(F)(F)F)c1)c1cc(Cl)ccc1[N+](=O)[O-]. The quantitative estimate of drug-likeness (QED) is 0.647. The van der Waals surface area contributed by atoms with Crippen LogP contribution in [0.5, 0.6) is 5.75 Å². The molecular formula is C14H8ClF3N2O4. The first-order chi connectivity index (χ1) is 11.2. The molecule has 0 fully saturated rings. The molecule has 0 aliphatic rings. The molecular weight excluding hydrogens is 353 g/mol. The average Bonchev–Trinajstić information content (AvgIpc) is 2.45. The van der Waals surface area contributed by atoms with Crippen LogP contribution in [0, 0.1) is 10.1 Å². The normalized spacial score (nSPS) is 11.0. The fraction of sp³-hybridized carbons (Fsp3) is 0.0714. The first-order valence-electron chi connectivity index (χ1n) is 6.27. The van der Waals surface area contributed by atoms with E-state index in [0.29, 0.717) is 0 Å². The molecule has 1 N–H and O–H groups in total. The summed E-state index contributed by atoms with van der Waals surface area (Å²) in [5.74, 6) is -1.44. The number of hydrogen-bond acceptors (Lipinski definition) is 4. The molecule has 0 aliphatic carbocycles. The lowest BCUT2D eigenvalue weighted by Gasteiger charge is -2.11. The number of carbonyl (C=O) groups is 1. The molecule has 0 spiro atoms. The second kappa shape index (κ2) is 6.75. The van der Waals surface area contributed by atoms with E-state index in [1.54, 1.807) is 0 Å². The lowest BCUT2D eigenvalue weighted by Crippen LogP contribution is -2.17. The molecule has 0 bridgehead atoms. The Kier molecular flexibility index (Phi) is 4.93. The lowest BCUT2D eigenvalue weighted by molar-refractivity contribution is -0.385. The minimum atomic E-state index is -4.88. The predicted molar refractivity (Wildman–Crippen MR) is 79.2 cm³/mol. The molecule has 2 aromatic carbocycles. The third-order valence-electron chi connectivity index (χ3n) is 2.73. The van der Waals surface area contributed by atoms with Gasteiger partial charge in [0.15, 0.2) is 0 Å². The number of rotatable bonds is 4. The summed E-state index contributed by atoms with van der Waals surface area (Å²) in [5.41, 5.74) is -0.842. The predicted octanol–water partition coefficient (Wildman–Crippen LogP) is 4.40. The number of carbonyl (C=O) groups excluding carboxylic acids is 1. The summed E-state index contributed by atoms with van der Waals surface area (Å²) < 4.78 is 40.3. The zero-order chi connectivity index (χ0) is 17.9. The van der Waals surface area contributed by atoms with Gasteiger partial charge in [0.05, 0.1) is 4.92 Å². The van der Waals surface area contributed by atoms with E-state index >= 15 is 0 Å². The number of hydrogen-bond donors (Lipinski definition) is 1. The largest absolute Gasteiger partial charge is 0.573 e. The van der Waals surface area contributed by atoms with Crippen LogP contribution in [0.4, 0.5) is 24.5 Å². The van der Waals surface area contributed by atoms with E-state index < -0.39 is 28.6 Å². The van der Waals surface area contributed by atoms with Gasteiger partial charge in [-0.1, -0.05) is 17.7 Å². The van der Waals surface area contributed by atoms with Crippen LogP contribution in [0.3, 0.4) is 0 Å². The van der Waals surface area contributed by atoms with Crippen molar-refractivity contribution in [2.75, 3.05) is 5.32 Å². The highest BCUT2D eigenvalue weighted by molar-refractivity contribution is 6.31. The van der Waals surface area contributed by atoms with Crippen LogP contribution < -0.4 is 10.1 Å². The van der Waals surface area contributed by atoms with Gasteiger partial charge in [0.1, 0.15) is 11.3 Å². The highest BCUT2D eigenvalue weighted by atomic mass is 35.5. The van der Waals surface area contributed by atoms with Crippen LogP contribution in [0.1, 0.15) is 10.4 Å². The van der Waals surface area contributed by atoms with Crippen molar-refractivity contribution < 1.29 is 27.6 Å². The van der Waals surface area contributed by atoms with Crippen LogP contribution in [0.2, 0.25) is 5.02 Å². The highest BCUT2D eigenvalue weighted by Gasteiger charge is 2.31. The standard InChI is InChI=1S/C14H8ClF3N2O4/c15-8-4-5-12(20(22)23)11(6-8)13(21)19-9-2-1-3-10(7-9)24-14(16,17)18/h1-7H,(H,19,21). The minimum Gasteiger partial charge on any atom is -0.406 e. The second-order valence-corrected chi connectivity index (χ2v) is 4.88. The Balaban J connectivity index is 2.26. The lowest BCUT2D eigenvalue weighted by atomic mass is 10.1. The molecule has 10 heteroatoms. The fourth-order valence-electron chi connectivity index (χ4n) is 1.82. The maximum Gasteiger partial charge on any atom is 0.573 e. The van der Waals surface area contributed by atoms with Crippen LogP contribution in [0.25, 0.3) is 0 Å². The minimum absolute atomic E-state index is 0.0315. The molecule has 126 valence electrons. The first kappa shape index (κ1) is 17.5. The van der Waals surface area contributed by atoms with E-state index in [4.69, 9.17) is 11.6 Å². The van der Waals surface area contributed by atoms with Gasteiger partial charge in [-0.05, 0) is 24.3 Å². The number of anilines is 1. The van der Waals surface area contributed by atoms with Crippen molar-refractivity contribution in [2.45, 2.75) is 6.36 Å². The van der Waals surface area contributed by atoms with E-state index in [-0.39, 0.29) is 16.3 Å². The molecule has 0 atom stereocenters. The smallest absolute Gasteiger partial charge is 0.406 e. The van der Waals surface area contributed by atoms with E-state index in [0.717, 1.165) is 24.3 Å². The topological polar surface area (TPSA) is 81.5 Å². The number of nitrogens with one attached hydrogen (secondary N) is 1. The number of nitrogens with zero attached hydrogens (tertiary/aromatic N) is 1. The highest BCUT2D eigenvalue weighted by Crippen LogP contribution is 2.27. The Bertz CT molecular complexity index is 796. The van der Waals surface area contributed by atoms with Crippen molar-refractivity contribution in [3.63, 3.8) is 0 Å². The van der Waals surface area contributed by atoms with Gasteiger partial charge in [-0.3, -0.25) is 14.9 Å². The Morgan fingerprint density at radius 3 is 2.54 bits per heavy atom. The van der Waals surface area contributed by atoms with Crippen molar-refractivity contribution in [1.29, 1.82) is 0 Å². The molecule has 0 aliphatic heterocycles. The maximum absolute atomic E-state index is 12.2. The van der Waals surface area contributed by atoms with Gasteiger partial charge in [-0.25, -0.2) is 0 Å². The molecule has 6 nitrogen and oxygen atoms in total. The first-order valence-corrected chi connectivity index (χ1v) is 6.64. The molecule has 1 amide bonds. The molecule has 0 saturated carbocycles. The summed E-state index contributed by atoms with van der Waals surface area (Å²) in [7, 11) is 0. The molecule has 0 heterocycles. The summed E-state index contributed by atoms with van der Waals surface area (Å²) in [5, 5.41) is 13.3. The van der Waals surface area contributed by atoms with Crippen molar-refractivity contribution >= 4 is 28.9 Å². The zero-order valence-corrected chi connectivity index (χ0v) is 12.4. The summed E-state index contributed by atoms with van der Waals surface area (Å²) in [4.78, 5) is 22.3. The van der Waals surface area contributed by atoms with Gasteiger partial charge in [-0.15, -0.1) is 13.2 Å². The van der Waals surface area contributed by atoms with Crippen LogP contribution in [-0.2, 0) is 0 Å². The number of benzene rings is 2. The fourth-order valence-corrected chi connectivity index (χ4v) is 1.99. The van der Waals surface area contributed by atoms with Crippen molar-refractivity contribution in [2.24, 2.45) is 0 Å². The van der Waals surface area contributed by atoms with E-state index in [1.165, 1.54) is 18.2 Å². The Morgan fingerprint density at radius 1 is 1.21 bits per heavy atom. The van der Waals surface area contributed by atoms with Crippen molar-refractivity contribution in [1.82, 2.24) is 0 Å². The molecule has 2 rings (SSSR count). The van der Waals surface area contributed by atoms with E-state index in [1.807, 2.05) is 0 Å². The number of amides is 1. The molecule has 0 saturated heterocycles. The molecule has 0 aromatic heterocycles. The Morgan fingerprint density at radius 2 is 1.92 bits per heavy atom. The molecule has 0 unspecified atom stereocenters. The molecule has 2 aromatic rings. The zero-order valence-electron chi connectivity index (χ0n) is 11.6. The van der Waals surface area contributed by atoms with Gasteiger partial charge < -0.3 is 10.1 Å². The van der Waals surface area contributed by atoms with Gasteiger partial charge in [0, 0.05) is 22.8 Å². The van der Waals surface area contributed by atoms with Crippen LogP contribution in [-0.4, -0.2) is 17.2 Å². The number of ether oxygens (including phenoxy) is 1. The third kappa shape index (κ3) is 4.59. The summed E-state index contributed by atoms with van der Waals surface area (Å²) in [6.07, 6.45) is -4.88. The number of halogens is 4. The summed E-state index contributed by atoms with van der Waals surface area (Å²) in [6.45, 7) is 0. The number of nitro benzene ring substituents is 1. The average molecular weight is 361 g/mol. The number of nitro groups is 1. The Labute approximate surface area is 137 Å². The van der Waals surface area contributed by atoms with Gasteiger partial charge >= 0.3 is 6.36 Å². The monoisotopic (exact) mass is 360 g/mol. The summed E-state index contributed by atoms with van der Waals surface area (Å²) >= 11 is 5.72. The second-order valence-electron chi connectivity index (χ2n) is 4.45. The van der Waals surface area contributed by atoms with Crippen molar-refractivity contribution in [3.8, 4) is 5.75 Å². The van der Waals surface area contributed by atoms with Crippen LogP contribution in [0.15, 0.2) is 42.5 Å². The van der Waals surface area contributed by atoms with Gasteiger partial charge in [0.2, 0.25) is 0 Å². The van der Waals surface area contributed by atoms with Gasteiger partial charge in [-0.2, -0.15) is 0 Å². The molecule has 0 radical (unpaired) electrons. The third-order valence-corrected chi connectivity index (χ3v) is 2.96. The van der Waals surface area contributed by atoms with Crippen LogP contribution >= 0.6 is 11.6 Å². The van der Waals surface area contributed by atoms with Crippen molar-refractivity contribution in [3.05, 3.63) is 63.2 Å². The molecule has 24 heavy (non-hydrogen) atoms. The Hall–Kier alpha value is -2.81. The number of alkyl halides is 3. The van der Waals surface area contributed by atoms with Gasteiger partial charge in [0.25, 0.3) is 11.6 Å². The summed E-state index contributed by atoms with van der Waals surface area (Å²) in [6, 6.07) is 7.90. The van der Waals surface area contributed by atoms with E-state index in [9.17, 15) is 28.1 Å². The van der Waals surface area contributed by atoms with E-state index in [2.05, 4.69) is 10.1 Å². The maximum atomic E-state index is 12.2.